The minimum Gasteiger partial charge on any atom is -0.469 e. The summed E-state index contributed by atoms with van der Waals surface area (Å²) >= 11 is 0. The van der Waals surface area contributed by atoms with Crippen LogP contribution in [0.15, 0.2) is 11.6 Å². The molecule has 6 aliphatic rings. The summed E-state index contributed by atoms with van der Waals surface area (Å²) in [5.74, 6) is -1.04. The molecule has 0 bridgehead atoms. The molecule has 4 aliphatic carbocycles. The number of aliphatic hydroxyl groups is 1. The fourth-order valence-electron chi connectivity index (χ4n) is 8.74. The molecule has 31 heavy (non-hydrogen) atoms. The van der Waals surface area contributed by atoms with Crippen LogP contribution in [0.1, 0.15) is 58.8 Å². The number of ether oxygens (including phenoxy) is 3. The number of epoxide rings is 1. The molecule has 0 radical (unpaired) electrons. The van der Waals surface area contributed by atoms with Gasteiger partial charge >= 0.3 is 11.9 Å². The second kappa shape index (κ2) is 5.79. The molecule has 1 N–H and O–H groups in total. The van der Waals surface area contributed by atoms with Crippen LogP contribution in [0.5, 0.6) is 0 Å². The van der Waals surface area contributed by atoms with Crippen molar-refractivity contribution in [2.45, 2.75) is 82.2 Å². The largest absolute Gasteiger partial charge is 0.469 e. The maximum Gasteiger partial charge on any atom is 0.309 e. The molecule has 2 heterocycles. The van der Waals surface area contributed by atoms with E-state index in [1.54, 1.807) is 6.08 Å². The second-order valence-electron chi connectivity index (χ2n) is 11.1. The number of carbonyl (C=O) groups excluding carboxylic acids is 3. The van der Waals surface area contributed by atoms with E-state index in [0.717, 1.165) is 31.3 Å². The number of esters is 2. The molecule has 5 fully saturated rings. The number of ketones is 1. The first-order valence-corrected chi connectivity index (χ1v) is 11.5. The third kappa shape index (κ3) is 2.11. The third-order valence-corrected chi connectivity index (χ3v) is 10.3. The SMILES string of the molecule is COC(=O)[C@@H]1CC2=CC(=O)C(O)CC2(C)[C@@]23O[C@@H]2CC2(C)C(CC[C@@]24CCC(=O)O4)C13. The van der Waals surface area contributed by atoms with Crippen LogP contribution in [-0.2, 0) is 28.6 Å². The molecule has 7 heteroatoms. The van der Waals surface area contributed by atoms with Crippen LogP contribution in [0.3, 0.4) is 0 Å². The summed E-state index contributed by atoms with van der Waals surface area (Å²) in [6, 6.07) is 0. The zero-order valence-electron chi connectivity index (χ0n) is 18.3. The molecule has 2 spiro atoms. The predicted octanol–water partition coefficient (Wildman–Crippen LogP) is 2.10. The van der Waals surface area contributed by atoms with E-state index in [2.05, 4.69) is 13.8 Å². The van der Waals surface area contributed by atoms with Crippen molar-refractivity contribution < 1.29 is 33.7 Å². The second-order valence-corrected chi connectivity index (χ2v) is 11.1. The lowest BCUT2D eigenvalue weighted by Gasteiger charge is -2.58. The molecule has 6 rings (SSSR count). The van der Waals surface area contributed by atoms with Crippen LogP contribution in [0.4, 0.5) is 0 Å². The van der Waals surface area contributed by atoms with Gasteiger partial charge in [-0.2, -0.15) is 0 Å². The molecular weight excluding hydrogens is 400 g/mol. The molecule has 168 valence electrons. The van der Waals surface area contributed by atoms with Gasteiger partial charge in [0.05, 0.1) is 19.1 Å². The smallest absolute Gasteiger partial charge is 0.309 e. The fourth-order valence-corrected chi connectivity index (χ4v) is 8.74. The highest BCUT2D eigenvalue weighted by molar-refractivity contribution is 5.95. The highest BCUT2D eigenvalue weighted by Crippen LogP contribution is 2.78. The van der Waals surface area contributed by atoms with Crippen molar-refractivity contribution in [1.82, 2.24) is 0 Å². The number of aliphatic hydroxyl groups excluding tert-OH is 1. The number of rotatable bonds is 1. The molecule has 2 saturated heterocycles. The van der Waals surface area contributed by atoms with Gasteiger partial charge in [0, 0.05) is 23.2 Å². The average molecular weight is 430 g/mol. The average Bonchev–Trinajstić information content (AvgIpc) is 3.21. The van der Waals surface area contributed by atoms with Crippen molar-refractivity contribution >= 4 is 17.7 Å². The quantitative estimate of drug-likeness (QED) is 0.502. The molecule has 0 aromatic rings. The van der Waals surface area contributed by atoms with Gasteiger partial charge < -0.3 is 19.3 Å². The van der Waals surface area contributed by atoms with Gasteiger partial charge in [0.2, 0.25) is 0 Å². The van der Waals surface area contributed by atoms with Gasteiger partial charge in [0.25, 0.3) is 0 Å². The Bertz CT molecular complexity index is 940. The van der Waals surface area contributed by atoms with E-state index in [9.17, 15) is 19.5 Å². The van der Waals surface area contributed by atoms with Crippen molar-refractivity contribution in [1.29, 1.82) is 0 Å². The van der Waals surface area contributed by atoms with Crippen molar-refractivity contribution in [3.8, 4) is 0 Å². The topological polar surface area (TPSA) is 102 Å². The van der Waals surface area contributed by atoms with Crippen molar-refractivity contribution in [3.05, 3.63) is 11.6 Å². The van der Waals surface area contributed by atoms with Crippen LogP contribution in [0.25, 0.3) is 0 Å². The van der Waals surface area contributed by atoms with Gasteiger partial charge in [-0.05, 0) is 50.5 Å². The summed E-state index contributed by atoms with van der Waals surface area (Å²) in [5, 5.41) is 10.5. The Hall–Kier alpha value is -1.73. The number of hydrogen-bond donors (Lipinski definition) is 1. The lowest BCUT2D eigenvalue weighted by Crippen LogP contribution is -2.64. The molecule has 7 nitrogen and oxygen atoms in total. The maximum atomic E-state index is 13.0. The van der Waals surface area contributed by atoms with Crippen LogP contribution < -0.4 is 0 Å². The van der Waals surface area contributed by atoms with Crippen molar-refractivity contribution in [2.24, 2.45) is 28.6 Å². The standard InChI is InChI=1S/C24H30O7/c1-21-10-16(26)15(25)9-12(21)8-13(20(28)29-3)19-14-4-6-23(7-5-18(27)31-23)22(14,2)11-17-24(19,21)30-17/h9,13-14,16-17,19,26H,4-8,10-11H2,1-3H3/t13-,14?,16?,17-,19?,21?,22?,23-,24-/m1/s1. The summed E-state index contributed by atoms with van der Waals surface area (Å²) in [5.41, 5.74) is -0.923. The van der Waals surface area contributed by atoms with E-state index >= 15 is 0 Å². The van der Waals surface area contributed by atoms with E-state index in [1.807, 2.05) is 0 Å². The van der Waals surface area contributed by atoms with E-state index in [0.29, 0.717) is 19.3 Å². The maximum absolute atomic E-state index is 13.0. The van der Waals surface area contributed by atoms with Gasteiger partial charge in [-0.3, -0.25) is 14.4 Å². The number of hydrogen-bond acceptors (Lipinski definition) is 7. The van der Waals surface area contributed by atoms with E-state index in [4.69, 9.17) is 14.2 Å². The van der Waals surface area contributed by atoms with Crippen molar-refractivity contribution in [3.63, 3.8) is 0 Å². The van der Waals surface area contributed by atoms with Crippen LogP contribution in [-0.4, -0.2) is 53.3 Å². The Kier molecular flexibility index (Phi) is 3.72. The Balaban J connectivity index is 1.49. The van der Waals surface area contributed by atoms with Gasteiger partial charge in [0.15, 0.2) is 5.78 Å². The predicted molar refractivity (Wildman–Crippen MR) is 107 cm³/mol. The highest BCUT2D eigenvalue weighted by Gasteiger charge is 2.83. The molecule has 9 atom stereocenters. The number of carbonyl (C=O) groups is 3. The summed E-state index contributed by atoms with van der Waals surface area (Å²) in [6.45, 7) is 4.31. The molecule has 2 aliphatic heterocycles. The van der Waals surface area contributed by atoms with Crippen LogP contribution in [0, 0.1) is 28.6 Å². The Morgan fingerprint density at radius 3 is 2.68 bits per heavy atom. The lowest BCUT2D eigenvalue weighted by molar-refractivity contribution is -0.173. The van der Waals surface area contributed by atoms with Crippen molar-refractivity contribution in [2.75, 3.05) is 7.11 Å². The monoisotopic (exact) mass is 430 g/mol. The molecule has 5 unspecified atom stereocenters. The van der Waals surface area contributed by atoms with Crippen LogP contribution in [0.2, 0.25) is 0 Å². The minimum atomic E-state index is -1.04. The summed E-state index contributed by atoms with van der Waals surface area (Å²) in [7, 11) is 1.41. The lowest BCUT2D eigenvalue weighted by atomic mass is 9.43. The number of fused-ring (bicyclic) bond motifs is 4. The van der Waals surface area contributed by atoms with E-state index < -0.39 is 28.6 Å². The van der Waals surface area contributed by atoms with E-state index in [-0.39, 0.29) is 41.1 Å². The zero-order chi connectivity index (χ0) is 22.0. The summed E-state index contributed by atoms with van der Waals surface area (Å²) in [4.78, 5) is 37.5. The minimum absolute atomic E-state index is 0.0886. The zero-order valence-corrected chi connectivity index (χ0v) is 18.3. The first-order valence-electron chi connectivity index (χ1n) is 11.5. The third-order valence-electron chi connectivity index (χ3n) is 10.3. The van der Waals surface area contributed by atoms with Crippen LogP contribution >= 0.6 is 0 Å². The summed E-state index contributed by atoms with van der Waals surface area (Å²) < 4.78 is 17.8. The van der Waals surface area contributed by atoms with Gasteiger partial charge in [-0.25, -0.2) is 0 Å². The molecule has 0 amide bonds. The van der Waals surface area contributed by atoms with Gasteiger partial charge in [-0.1, -0.05) is 19.4 Å². The normalized spacial score (nSPS) is 54.3. The highest BCUT2D eigenvalue weighted by atomic mass is 16.6. The molecular formula is C24H30O7. The summed E-state index contributed by atoms with van der Waals surface area (Å²) in [6.07, 6.45) is 4.82. The van der Waals surface area contributed by atoms with Gasteiger partial charge in [-0.15, -0.1) is 0 Å². The Morgan fingerprint density at radius 1 is 1.23 bits per heavy atom. The fraction of sp³-hybridized carbons (Fsp3) is 0.792. The Morgan fingerprint density at radius 2 is 2.00 bits per heavy atom. The number of methoxy groups -OCH3 is 1. The first-order chi connectivity index (χ1) is 14.6. The first kappa shape index (κ1) is 19.9. The van der Waals surface area contributed by atoms with E-state index in [1.165, 1.54) is 7.11 Å². The molecule has 0 aromatic heterocycles. The molecule has 3 saturated carbocycles. The molecule has 0 aromatic carbocycles. The Labute approximate surface area is 181 Å². The van der Waals surface area contributed by atoms with Gasteiger partial charge in [0.1, 0.15) is 17.3 Å².